The van der Waals surface area contributed by atoms with E-state index in [2.05, 4.69) is 20.6 Å². The van der Waals surface area contributed by atoms with E-state index < -0.39 is 17.2 Å². The topological polar surface area (TPSA) is 183 Å². The molecule has 1 saturated carbocycles. The molecule has 0 radical (unpaired) electrons. The zero-order valence-electron chi connectivity index (χ0n) is 22.9. The summed E-state index contributed by atoms with van der Waals surface area (Å²) in [7, 11) is 1.51. The van der Waals surface area contributed by atoms with Crippen LogP contribution in [-0.4, -0.2) is 64.4 Å². The molecule has 210 valence electrons. The van der Waals surface area contributed by atoms with Gasteiger partial charge in [-0.1, -0.05) is 0 Å². The number of primary amides is 2. The van der Waals surface area contributed by atoms with Gasteiger partial charge in [-0.25, -0.2) is 9.78 Å². The number of hydrogen-bond donors (Lipinski definition) is 4. The normalized spacial score (nSPS) is 15.7. The van der Waals surface area contributed by atoms with Crippen LogP contribution in [0.4, 0.5) is 16.2 Å². The van der Waals surface area contributed by atoms with Crippen LogP contribution in [0.1, 0.15) is 79.4 Å². The zero-order valence-corrected chi connectivity index (χ0v) is 22.9. The van der Waals surface area contributed by atoms with Crippen LogP contribution in [0.3, 0.4) is 0 Å². The predicted molar refractivity (Wildman–Crippen MR) is 145 cm³/mol. The fraction of sp³-hybridized carbons (Fsp3) is 0.481. The van der Waals surface area contributed by atoms with Crippen LogP contribution in [0.15, 0.2) is 30.6 Å². The minimum absolute atomic E-state index is 0.128. The van der Waals surface area contributed by atoms with Crippen molar-refractivity contribution in [2.75, 3.05) is 25.5 Å². The summed E-state index contributed by atoms with van der Waals surface area (Å²) in [6.07, 6.45) is 7.38. The number of nitrogens with one attached hydrogen (secondary N) is 2. The van der Waals surface area contributed by atoms with E-state index in [0.29, 0.717) is 35.5 Å². The number of hydrogen-bond acceptors (Lipinski definition) is 8. The van der Waals surface area contributed by atoms with Crippen LogP contribution in [0, 0.1) is 0 Å². The molecule has 12 heteroatoms. The van der Waals surface area contributed by atoms with Crippen LogP contribution >= 0.6 is 0 Å². The van der Waals surface area contributed by atoms with Gasteiger partial charge in [0.1, 0.15) is 11.3 Å². The Morgan fingerprint density at radius 2 is 1.67 bits per heavy atom. The number of nitrogens with zero attached hydrogens (tertiary/aromatic N) is 3. The molecular weight excluding hydrogens is 502 g/mol. The second-order valence-electron chi connectivity index (χ2n) is 10.6. The van der Waals surface area contributed by atoms with Gasteiger partial charge < -0.3 is 31.7 Å². The number of pyridine rings is 2. The first kappa shape index (κ1) is 29.3. The van der Waals surface area contributed by atoms with Crippen molar-refractivity contribution in [2.24, 2.45) is 11.5 Å². The Balaban J connectivity index is 0.000000272. The van der Waals surface area contributed by atoms with Crippen LogP contribution < -0.4 is 22.1 Å². The van der Waals surface area contributed by atoms with Gasteiger partial charge in [0.05, 0.1) is 34.2 Å². The number of nitrogens with two attached hydrogens (primary N) is 2. The van der Waals surface area contributed by atoms with Crippen molar-refractivity contribution in [3.05, 3.63) is 47.5 Å². The van der Waals surface area contributed by atoms with Crippen molar-refractivity contribution >= 4 is 35.2 Å². The van der Waals surface area contributed by atoms with Crippen molar-refractivity contribution in [3.8, 4) is 0 Å². The number of rotatable bonds is 6. The molecule has 3 heterocycles. The van der Waals surface area contributed by atoms with Crippen molar-refractivity contribution in [1.29, 1.82) is 0 Å². The quantitative estimate of drug-likeness (QED) is 0.432. The highest BCUT2D eigenvalue weighted by Crippen LogP contribution is 2.47. The molecule has 1 aliphatic carbocycles. The third-order valence-corrected chi connectivity index (χ3v) is 6.39. The highest BCUT2D eigenvalue weighted by atomic mass is 16.6. The Morgan fingerprint density at radius 1 is 1.00 bits per heavy atom. The second kappa shape index (κ2) is 12.1. The number of ether oxygens (including phenoxy) is 1. The lowest BCUT2D eigenvalue weighted by atomic mass is 9.99. The fourth-order valence-electron chi connectivity index (χ4n) is 4.06. The largest absolute Gasteiger partial charge is 0.444 e. The third kappa shape index (κ3) is 7.65. The summed E-state index contributed by atoms with van der Waals surface area (Å²) in [6, 6.07) is 4.73. The SMILES string of the molecule is CC(C)(C)OC(=O)N1CCCCC1.CNC(=O)c1cnc(C2(C(N)=O)CC2)cc1Nc1ccc(C(N)=O)nc1. The molecule has 0 aromatic carbocycles. The van der Waals surface area contributed by atoms with E-state index in [1.165, 1.54) is 31.9 Å². The number of carbonyl (C=O) groups excluding carboxylic acids is 4. The van der Waals surface area contributed by atoms with Gasteiger partial charge in [-0.2, -0.15) is 0 Å². The number of likely N-dealkylation sites (tertiary alicyclic amines) is 1. The number of carbonyl (C=O) groups is 4. The van der Waals surface area contributed by atoms with Gasteiger partial charge >= 0.3 is 6.09 Å². The molecule has 2 aromatic heterocycles. The summed E-state index contributed by atoms with van der Waals surface area (Å²) >= 11 is 0. The van der Waals surface area contributed by atoms with Crippen LogP contribution in [0.25, 0.3) is 0 Å². The highest BCUT2D eigenvalue weighted by Gasteiger charge is 2.51. The maximum Gasteiger partial charge on any atom is 0.410 e. The van der Waals surface area contributed by atoms with E-state index >= 15 is 0 Å². The number of amides is 4. The Bertz CT molecular complexity index is 1210. The fourth-order valence-corrected chi connectivity index (χ4v) is 4.06. The third-order valence-electron chi connectivity index (χ3n) is 6.39. The highest BCUT2D eigenvalue weighted by molar-refractivity contribution is 6.00. The molecule has 2 aromatic rings. The molecular formula is C27H37N7O5. The number of anilines is 2. The van der Waals surface area contributed by atoms with Crippen molar-refractivity contribution in [3.63, 3.8) is 0 Å². The summed E-state index contributed by atoms with van der Waals surface area (Å²) in [4.78, 5) is 56.5. The van der Waals surface area contributed by atoms with E-state index in [4.69, 9.17) is 16.2 Å². The van der Waals surface area contributed by atoms with Crippen LogP contribution in [-0.2, 0) is 14.9 Å². The van der Waals surface area contributed by atoms with E-state index in [1.807, 2.05) is 20.8 Å². The molecule has 6 N–H and O–H groups in total. The van der Waals surface area contributed by atoms with Crippen LogP contribution in [0.5, 0.6) is 0 Å². The molecule has 12 nitrogen and oxygen atoms in total. The summed E-state index contributed by atoms with van der Waals surface area (Å²) in [6.45, 7) is 7.41. The van der Waals surface area contributed by atoms with Crippen molar-refractivity contribution < 1.29 is 23.9 Å². The minimum atomic E-state index is -0.772. The van der Waals surface area contributed by atoms with Crippen LogP contribution in [0.2, 0.25) is 0 Å². The van der Waals surface area contributed by atoms with E-state index in [1.54, 1.807) is 17.0 Å². The van der Waals surface area contributed by atoms with Gasteiger partial charge in [0, 0.05) is 26.3 Å². The average molecular weight is 540 g/mol. The number of aromatic nitrogens is 2. The van der Waals surface area contributed by atoms with Crippen molar-refractivity contribution in [1.82, 2.24) is 20.2 Å². The van der Waals surface area contributed by atoms with Gasteiger partial charge in [-0.05, 0) is 71.1 Å². The van der Waals surface area contributed by atoms with Gasteiger partial charge in [-0.15, -0.1) is 0 Å². The molecule has 4 rings (SSSR count). The first-order valence-corrected chi connectivity index (χ1v) is 12.9. The lowest BCUT2D eigenvalue weighted by Crippen LogP contribution is -2.39. The molecule has 1 aliphatic heterocycles. The lowest BCUT2D eigenvalue weighted by molar-refractivity contribution is -0.120. The van der Waals surface area contributed by atoms with E-state index in [0.717, 1.165) is 25.9 Å². The van der Waals surface area contributed by atoms with E-state index in [9.17, 15) is 19.2 Å². The van der Waals surface area contributed by atoms with Gasteiger partial charge in [0.25, 0.3) is 11.8 Å². The summed E-state index contributed by atoms with van der Waals surface area (Å²) in [5.41, 5.74) is 11.5. The summed E-state index contributed by atoms with van der Waals surface area (Å²) in [5, 5.41) is 5.61. The zero-order chi connectivity index (χ0) is 28.8. The molecule has 2 aliphatic rings. The minimum Gasteiger partial charge on any atom is -0.444 e. The Hall–Kier alpha value is -4.22. The molecule has 0 spiro atoms. The van der Waals surface area contributed by atoms with E-state index in [-0.39, 0.29) is 23.3 Å². The van der Waals surface area contributed by atoms with Gasteiger partial charge in [0.2, 0.25) is 5.91 Å². The average Bonchev–Trinajstić information content (AvgIpc) is 3.71. The summed E-state index contributed by atoms with van der Waals surface area (Å²) < 4.78 is 5.26. The Morgan fingerprint density at radius 3 is 2.15 bits per heavy atom. The Kier molecular flexibility index (Phi) is 9.10. The first-order valence-electron chi connectivity index (χ1n) is 12.9. The number of piperidine rings is 1. The molecule has 0 bridgehead atoms. The molecule has 1 saturated heterocycles. The molecule has 0 atom stereocenters. The molecule has 4 amide bonds. The predicted octanol–water partition coefficient (Wildman–Crippen LogP) is 2.60. The first-order chi connectivity index (χ1) is 18.4. The second-order valence-corrected chi connectivity index (χ2v) is 10.6. The van der Waals surface area contributed by atoms with Gasteiger partial charge in [0.15, 0.2) is 0 Å². The van der Waals surface area contributed by atoms with Crippen molar-refractivity contribution in [2.45, 2.75) is 63.9 Å². The molecule has 39 heavy (non-hydrogen) atoms. The maximum absolute atomic E-state index is 12.1. The maximum atomic E-state index is 12.1. The Labute approximate surface area is 227 Å². The molecule has 2 fully saturated rings. The smallest absolute Gasteiger partial charge is 0.410 e. The molecule has 0 unspecified atom stereocenters. The van der Waals surface area contributed by atoms with Gasteiger partial charge in [-0.3, -0.25) is 19.4 Å². The monoisotopic (exact) mass is 539 g/mol. The lowest BCUT2D eigenvalue weighted by Gasteiger charge is -2.29. The summed E-state index contributed by atoms with van der Waals surface area (Å²) in [5.74, 6) is -1.40. The standard InChI is InChI=1S/C17H18N6O3.C10H19NO2/c1-20-15(25)10-8-22-13(17(4-5-17)16(19)26)6-12(10)23-9-2-3-11(14(18)24)21-7-9;1-10(2,3)13-9(12)11-7-5-4-6-8-11/h2-3,6-8H,4-5H2,1H3,(H2,18,24)(H2,19,26)(H,20,25)(H,22,23);4-8H2,1-3H3.